The van der Waals surface area contributed by atoms with E-state index in [0.29, 0.717) is 5.56 Å². The molecular formula is C24H25FN2O7. The molecule has 0 unspecified atom stereocenters. The van der Waals surface area contributed by atoms with Crippen LogP contribution in [0.15, 0.2) is 60.9 Å². The zero-order valence-electron chi connectivity index (χ0n) is 18.7. The Bertz CT molecular complexity index is 1070. The minimum Gasteiger partial charge on any atom is -0.465 e. The summed E-state index contributed by atoms with van der Waals surface area (Å²) >= 11 is 0. The molecule has 9 nitrogen and oxygen atoms in total. The Morgan fingerprint density at radius 3 is 2.35 bits per heavy atom. The van der Waals surface area contributed by atoms with Crippen molar-refractivity contribution in [2.45, 2.75) is 37.9 Å². The predicted molar refractivity (Wildman–Crippen MR) is 119 cm³/mol. The van der Waals surface area contributed by atoms with Crippen molar-refractivity contribution in [3.05, 3.63) is 87.9 Å². The van der Waals surface area contributed by atoms with Crippen molar-refractivity contribution >= 4 is 11.9 Å². The predicted octanol–water partition coefficient (Wildman–Crippen LogP) is 3.29. The van der Waals surface area contributed by atoms with Crippen LogP contribution in [0.1, 0.15) is 36.9 Å². The first-order valence-corrected chi connectivity index (χ1v) is 10.8. The number of carbonyl (C=O) groups is 2. The molecule has 2 aromatic carbocycles. The van der Waals surface area contributed by atoms with Crippen LogP contribution < -0.4 is 10.1 Å². The molecule has 180 valence electrons. The average molecular weight is 472 g/mol. The van der Waals surface area contributed by atoms with Crippen LogP contribution in [0.25, 0.3) is 0 Å². The van der Waals surface area contributed by atoms with Crippen molar-refractivity contribution < 1.29 is 33.1 Å². The number of hydrogen-bond acceptors (Lipinski definition) is 8. The van der Waals surface area contributed by atoms with Crippen molar-refractivity contribution in [1.29, 1.82) is 0 Å². The third kappa shape index (κ3) is 5.40. The number of hydrogen-bond donors (Lipinski definition) is 1. The second-order valence-electron chi connectivity index (χ2n) is 7.41. The number of carbonyl (C=O) groups excluding carboxylic acids is 2. The molecule has 0 bridgehead atoms. The van der Waals surface area contributed by atoms with Gasteiger partial charge in [0.2, 0.25) is 6.04 Å². The molecule has 1 N–H and O–H groups in total. The van der Waals surface area contributed by atoms with Gasteiger partial charge in [0.1, 0.15) is 23.7 Å². The molecule has 34 heavy (non-hydrogen) atoms. The molecule has 0 saturated carbocycles. The van der Waals surface area contributed by atoms with Crippen LogP contribution in [-0.4, -0.2) is 42.2 Å². The molecule has 2 aromatic rings. The lowest BCUT2D eigenvalue weighted by Crippen LogP contribution is -2.37. The number of ether oxygens (including phenoxy) is 3. The summed E-state index contributed by atoms with van der Waals surface area (Å²) in [5.74, 6) is -2.79. The topological polar surface area (TPSA) is 117 Å². The van der Waals surface area contributed by atoms with Gasteiger partial charge in [-0.2, -0.15) is 0 Å². The lowest BCUT2D eigenvalue weighted by Gasteiger charge is -2.21. The molecule has 1 aliphatic rings. The number of nitrogens with one attached hydrogen (secondary N) is 1. The zero-order chi connectivity index (χ0) is 24.7. The maximum atomic E-state index is 14.6. The molecule has 0 spiro atoms. The summed E-state index contributed by atoms with van der Waals surface area (Å²) in [7, 11) is 0. The second-order valence-corrected chi connectivity index (χ2v) is 7.41. The smallest absolute Gasteiger partial charge is 0.333 e. The van der Waals surface area contributed by atoms with Gasteiger partial charge in [-0.15, -0.1) is 0 Å². The molecule has 0 amide bonds. The highest BCUT2D eigenvalue weighted by atomic mass is 19.1. The van der Waals surface area contributed by atoms with E-state index in [1.165, 1.54) is 18.2 Å². The van der Waals surface area contributed by atoms with Gasteiger partial charge in [0.05, 0.1) is 31.5 Å². The largest absolute Gasteiger partial charge is 0.465 e. The van der Waals surface area contributed by atoms with Crippen LogP contribution in [-0.2, 0) is 19.1 Å². The van der Waals surface area contributed by atoms with E-state index >= 15 is 0 Å². The number of rotatable bonds is 9. The fourth-order valence-electron chi connectivity index (χ4n) is 4.08. The summed E-state index contributed by atoms with van der Waals surface area (Å²) in [4.78, 5) is 36.1. The Balaban J connectivity index is 2.06. The monoisotopic (exact) mass is 472 g/mol. The van der Waals surface area contributed by atoms with E-state index in [1.54, 1.807) is 44.2 Å². The zero-order valence-corrected chi connectivity index (χ0v) is 18.7. The Kier molecular flexibility index (Phi) is 8.31. The first kappa shape index (κ1) is 24.8. The SMILES string of the molecule is CCOC(=O)/C=C/Oc1ccccc1[C@H]1[C@H]([N+](=O)[O-])[C@H](c2ccccc2F)N[C@@H]1C(=O)OCC. The number of nitro groups is 1. The van der Waals surface area contributed by atoms with E-state index in [9.17, 15) is 24.1 Å². The van der Waals surface area contributed by atoms with Gasteiger partial charge in [-0.3, -0.25) is 20.2 Å². The molecule has 0 aromatic heterocycles. The fourth-order valence-corrected chi connectivity index (χ4v) is 4.08. The van der Waals surface area contributed by atoms with Crippen LogP contribution in [0.2, 0.25) is 0 Å². The molecular weight excluding hydrogens is 447 g/mol. The van der Waals surface area contributed by atoms with Crippen molar-refractivity contribution in [3.8, 4) is 5.75 Å². The van der Waals surface area contributed by atoms with E-state index in [2.05, 4.69) is 5.32 Å². The van der Waals surface area contributed by atoms with Crippen LogP contribution in [0, 0.1) is 15.9 Å². The molecule has 10 heteroatoms. The molecule has 0 aliphatic carbocycles. The number of esters is 2. The van der Waals surface area contributed by atoms with Gasteiger partial charge in [0.25, 0.3) is 0 Å². The second kappa shape index (κ2) is 11.4. The molecule has 4 atom stereocenters. The quantitative estimate of drug-likeness (QED) is 0.194. The third-order valence-corrected chi connectivity index (χ3v) is 5.42. The van der Waals surface area contributed by atoms with Gasteiger partial charge in [0.15, 0.2) is 0 Å². The van der Waals surface area contributed by atoms with Gasteiger partial charge < -0.3 is 14.2 Å². The van der Waals surface area contributed by atoms with Gasteiger partial charge in [-0.1, -0.05) is 36.4 Å². The summed E-state index contributed by atoms with van der Waals surface area (Å²) < 4.78 is 30.2. The van der Waals surface area contributed by atoms with Gasteiger partial charge in [0, 0.05) is 16.1 Å². The minimum absolute atomic E-state index is 0.0671. The molecule has 1 aliphatic heterocycles. The Hall–Kier alpha value is -3.79. The van der Waals surface area contributed by atoms with Crippen molar-refractivity contribution in [2.75, 3.05) is 13.2 Å². The Morgan fingerprint density at radius 1 is 1.06 bits per heavy atom. The van der Waals surface area contributed by atoms with Crippen molar-refractivity contribution in [1.82, 2.24) is 5.32 Å². The van der Waals surface area contributed by atoms with E-state index in [-0.39, 0.29) is 24.5 Å². The average Bonchev–Trinajstić information content (AvgIpc) is 3.21. The summed E-state index contributed by atoms with van der Waals surface area (Å²) in [6.07, 6.45) is 2.18. The number of halogens is 1. The fraction of sp³-hybridized carbons (Fsp3) is 0.333. The van der Waals surface area contributed by atoms with Crippen LogP contribution in [0.3, 0.4) is 0 Å². The molecule has 3 rings (SSSR count). The normalized spacial score (nSPS) is 21.9. The van der Waals surface area contributed by atoms with Crippen LogP contribution in [0.4, 0.5) is 4.39 Å². The number of para-hydroxylation sites is 1. The standard InChI is InChI=1S/C24H25FN2O7/c1-3-32-19(28)13-14-34-18-12-8-6-10-16(18)20-22(24(29)33-4-2)26-21(23(20)27(30)31)15-9-5-7-11-17(15)25/h5-14,20-23,26H,3-4H2,1-2H3/b14-13+/t20-,21+,22+,23+/m1/s1. The molecule has 0 radical (unpaired) electrons. The molecule has 1 fully saturated rings. The Morgan fingerprint density at radius 2 is 1.71 bits per heavy atom. The van der Waals surface area contributed by atoms with Crippen molar-refractivity contribution in [2.24, 2.45) is 0 Å². The van der Waals surface area contributed by atoms with Gasteiger partial charge >= 0.3 is 11.9 Å². The van der Waals surface area contributed by atoms with E-state index in [0.717, 1.165) is 12.3 Å². The first-order valence-electron chi connectivity index (χ1n) is 10.8. The van der Waals surface area contributed by atoms with E-state index < -0.39 is 46.7 Å². The molecule has 1 saturated heterocycles. The Labute approximate surface area is 195 Å². The van der Waals surface area contributed by atoms with Crippen LogP contribution >= 0.6 is 0 Å². The summed E-state index contributed by atoms with van der Waals surface area (Å²) in [5.41, 5.74) is 0.406. The summed E-state index contributed by atoms with van der Waals surface area (Å²) in [6, 6.07) is 8.49. The third-order valence-electron chi connectivity index (χ3n) is 5.42. The highest BCUT2D eigenvalue weighted by molar-refractivity contribution is 5.81. The van der Waals surface area contributed by atoms with Crippen molar-refractivity contribution in [3.63, 3.8) is 0 Å². The lowest BCUT2D eigenvalue weighted by atomic mass is 9.84. The summed E-state index contributed by atoms with van der Waals surface area (Å²) in [5, 5.41) is 15.2. The van der Waals surface area contributed by atoms with E-state index in [4.69, 9.17) is 14.2 Å². The molecule has 1 heterocycles. The summed E-state index contributed by atoms with van der Waals surface area (Å²) in [6.45, 7) is 3.54. The highest BCUT2D eigenvalue weighted by Crippen LogP contribution is 2.44. The first-order chi connectivity index (χ1) is 16.4. The van der Waals surface area contributed by atoms with Gasteiger partial charge in [-0.25, -0.2) is 9.18 Å². The number of benzene rings is 2. The van der Waals surface area contributed by atoms with Crippen LogP contribution in [0.5, 0.6) is 5.75 Å². The van der Waals surface area contributed by atoms with Gasteiger partial charge in [-0.05, 0) is 26.0 Å². The minimum atomic E-state index is -1.41. The lowest BCUT2D eigenvalue weighted by molar-refractivity contribution is -0.527. The maximum absolute atomic E-state index is 14.6. The maximum Gasteiger partial charge on any atom is 0.333 e. The number of nitrogens with zero attached hydrogens (tertiary/aromatic N) is 1. The van der Waals surface area contributed by atoms with E-state index in [1.807, 2.05) is 0 Å². The highest BCUT2D eigenvalue weighted by Gasteiger charge is 2.56.